The van der Waals surface area contributed by atoms with Crippen LogP contribution in [0.1, 0.15) is 25.7 Å². The van der Waals surface area contributed by atoms with Gasteiger partial charge in [0.1, 0.15) is 10.6 Å². The lowest BCUT2D eigenvalue weighted by Crippen LogP contribution is -2.16. The van der Waals surface area contributed by atoms with Crippen molar-refractivity contribution in [2.24, 2.45) is 0 Å². The molecule has 1 aliphatic rings. The quantitative estimate of drug-likeness (QED) is 0.759. The molecule has 0 bridgehead atoms. The van der Waals surface area contributed by atoms with Gasteiger partial charge in [-0.2, -0.15) is 5.26 Å². The number of halogens is 1. The standard InChI is InChI=1S/C12H12FNS/c13-10-4-3-5-11(8-10)15-12(9-14)6-1-2-7-12/h3-5,8H,1-2,6-7H2. The van der Waals surface area contributed by atoms with E-state index in [4.69, 9.17) is 0 Å². The molecule has 0 aromatic heterocycles. The first-order chi connectivity index (χ1) is 7.24. The Kier molecular flexibility index (Phi) is 2.97. The van der Waals surface area contributed by atoms with Crippen LogP contribution in [-0.2, 0) is 0 Å². The van der Waals surface area contributed by atoms with E-state index in [9.17, 15) is 9.65 Å². The molecule has 2 rings (SSSR count). The third-order valence-corrected chi connectivity index (χ3v) is 4.10. The van der Waals surface area contributed by atoms with Crippen molar-refractivity contribution in [3.8, 4) is 6.07 Å². The average molecular weight is 221 g/mol. The van der Waals surface area contributed by atoms with Crippen molar-refractivity contribution in [1.29, 1.82) is 5.26 Å². The van der Waals surface area contributed by atoms with Crippen molar-refractivity contribution in [1.82, 2.24) is 0 Å². The third-order valence-electron chi connectivity index (χ3n) is 2.72. The second-order valence-corrected chi connectivity index (χ2v) is 5.33. The van der Waals surface area contributed by atoms with Gasteiger partial charge in [0.05, 0.1) is 6.07 Å². The first-order valence-electron chi connectivity index (χ1n) is 5.10. The highest BCUT2D eigenvalue weighted by Crippen LogP contribution is 2.44. The van der Waals surface area contributed by atoms with E-state index in [2.05, 4.69) is 6.07 Å². The van der Waals surface area contributed by atoms with Gasteiger partial charge in [-0.3, -0.25) is 0 Å². The Morgan fingerprint density at radius 3 is 2.67 bits per heavy atom. The zero-order valence-corrected chi connectivity index (χ0v) is 9.19. The number of hydrogen-bond donors (Lipinski definition) is 0. The van der Waals surface area contributed by atoms with Crippen LogP contribution in [0.2, 0.25) is 0 Å². The van der Waals surface area contributed by atoms with Crippen molar-refractivity contribution in [2.75, 3.05) is 0 Å². The number of nitriles is 1. The molecule has 0 unspecified atom stereocenters. The molecule has 78 valence electrons. The summed E-state index contributed by atoms with van der Waals surface area (Å²) in [6, 6.07) is 8.87. The summed E-state index contributed by atoms with van der Waals surface area (Å²) in [5.41, 5.74) is 0. The van der Waals surface area contributed by atoms with Crippen LogP contribution in [0.25, 0.3) is 0 Å². The highest BCUT2D eigenvalue weighted by atomic mass is 32.2. The molecule has 1 aromatic rings. The summed E-state index contributed by atoms with van der Waals surface area (Å²) < 4.78 is 12.7. The van der Waals surface area contributed by atoms with E-state index < -0.39 is 0 Å². The summed E-state index contributed by atoms with van der Waals surface area (Å²) in [6.45, 7) is 0. The van der Waals surface area contributed by atoms with Crippen LogP contribution < -0.4 is 0 Å². The van der Waals surface area contributed by atoms with Crippen molar-refractivity contribution in [2.45, 2.75) is 35.3 Å². The topological polar surface area (TPSA) is 23.8 Å². The fourth-order valence-corrected chi connectivity index (χ4v) is 3.25. The lowest BCUT2D eigenvalue weighted by molar-refractivity contribution is 0.624. The Morgan fingerprint density at radius 2 is 2.07 bits per heavy atom. The Hall–Kier alpha value is -1.01. The Labute approximate surface area is 93.3 Å². The first kappa shape index (κ1) is 10.5. The smallest absolute Gasteiger partial charge is 0.124 e. The molecule has 0 amide bonds. The summed E-state index contributed by atoms with van der Waals surface area (Å²) in [4.78, 5) is 0.860. The molecule has 0 aliphatic heterocycles. The molecule has 1 saturated carbocycles. The van der Waals surface area contributed by atoms with Gasteiger partial charge in [-0.1, -0.05) is 18.9 Å². The SMILES string of the molecule is N#CC1(Sc2cccc(F)c2)CCCC1. The molecule has 0 radical (unpaired) electrons. The van der Waals surface area contributed by atoms with Crippen molar-refractivity contribution in [3.05, 3.63) is 30.1 Å². The molecule has 1 fully saturated rings. The second-order valence-electron chi connectivity index (χ2n) is 3.87. The molecular formula is C12H12FNS. The zero-order valence-electron chi connectivity index (χ0n) is 8.37. The fraction of sp³-hybridized carbons (Fsp3) is 0.417. The number of hydrogen-bond acceptors (Lipinski definition) is 2. The lowest BCUT2D eigenvalue weighted by Gasteiger charge is -2.19. The van der Waals surface area contributed by atoms with Gasteiger partial charge in [0, 0.05) is 4.90 Å². The normalized spacial score (nSPS) is 18.7. The monoisotopic (exact) mass is 221 g/mol. The van der Waals surface area contributed by atoms with Gasteiger partial charge in [0.2, 0.25) is 0 Å². The summed E-state index contributed by atoms with van der Waals surface area (Å²) >= 11 is 1.51. The fourth-order valence-electron chi connectivity index (χ4n) is 1.94. The van der Waals surface area contributed by atoms with E-state index in [1.54, 1.807) is 6.07 Å². The van der Waals surface area contributed by atoms with Gasteiger partial charge in [-0.25, -0.2) is 4.39 Å². The minimum atomic E-state index is -0.312. The van der Waals surface area contributed by atoms with E-state index in [0.29, 0.717) is 0 Å². The molecule has 1 nitrogen and oxygen atoms in total. The van der Waals surface area contributed by atoms with Gasteiger partial charge in [0.25, 0.3) is 0 Å². The highest BCUT2D eigenvalue weighted by molar-refractivity contribution is 8.01. The van der Waals surface area contributed by atoms with Gasteiger partial charge in [0.15, 0.2) is 0 Å². The summed E-state index contributed by atoms with van der Waals surface area (Å²) in [6.07, 6.45) is 4.06. The third kappa shape index (κ3) is 2.32. The van der Waals surface area contributed by atoms with Gasteiger partial charge in [-0.15, -0.1) is 11.8 Å². The maximum Gasteiger partial charge on any atom is 0.124 e. The number of thioether (sulfide) groups is 1. The van der Waals surface area contributed by atoms with Gasteiger partial charge < -0.3 is 0 Å². The molecule has 15 heavy (non-hydrogen) atoms. The molecule has 1 aliphatic carbocycles. The minimum absolute atomic E-state index is 0.230. The summed E-state index contributed by atoms with van der Waals surface area (Å²) in [7, 11) is 0. The van der Waals surface area contributed by atoms with Crippen LogP contribution in [0, 0.1) is 17.1 Å². The molecule has 0 heterocycles. The Morgan fingerprint density at radius 1 is 1.33 bits per heavy atom. The molecule has 0 N–H and O–H groups in total. The van der Waals surface area contributed by atoms with Crippen LogP contribution >= 0.6 is 11.8 Å². The van der Waals surface area contributed by atoms with Crippen molar-refractivity contribution in [3.63, 3.8) is 0 Å². The van der Waals surface area contributed by atoms with Crippen molar-refractivity contribution >= 4 is 11.8 Å². The highest BCUT2D eigenvalue weighted by Gasteiger charge is 2.35. The number of rotatable bonds is 2. The van der Waals surface area contributed by atoms with E-state index in [-0.39, 0.29) is 10.6 Å². The first-order valence-corrected chi connectivity index (χ1v) is 5.92. The maximum absolute atomic E-state index is 13.0. The van der Waals surface area contributed by atoms with E-state index >= 15 is 0 Å². The molecule has 0 spiro atoms. The summed E-state index contributed by atoms with van der Waals surface area (Å²) in [5, 5.41) is 9.18. The van der Waals surface area contributed by atoms with Crippen LogP contribution in [0.5, 0.6) is 0 Å². The van der Waals surface area contributed by atoms with Crippen LogP contribution in [0.3, 0.4) is 0 Å². The van der Waals surface area contributed by atoms with Gasteiger partial charge in [-0.05, 0) is 31.0 Å². The Balaban J connectivity index is 2.17. The van der Waals surface area contributed by atoms with E-state index in [1.807, 2.05) is 6.07 Å². The average Bonchev–Trinajstić information content (AvgIpc) is 2.67. The summed E-state index contributed by atoms with van der Waals surface area (Å²) in [5.74, 6) is -0.230. The van der Waals surface area contributed by atoms with Crippen LogP contribution in [0.4, 0.5) is 4.39 Å². The van der Waals surface area contributed by atoms with Crippen LogP contribution in [0.15, 0.2) is 29.2 Å². The molecule has 3 heteroatoms. The minimum Gasteiger partial charge on any atom is -0.207 e. The second kappa shape index (κ2) is 4.24. The Bertz CT molecular complexity index is 391. The lowest BCUT2D eigenvalue weighted by atomic mass is 10.1. The molecular weight excluding hydrogens is 209 g/mol. The largest absolute Gasteiger partial charge is 0.207 e. The maximum atomic E-state index is 13.0. The molecule has 0 saturated heterocycles. The zero-order chi connectivity index (χ0) is 10.7. The predicted molar refractivity (Wildman–Crippen MR) is 59.1 cm³/mol. The van der Waals surface area contributed by atoms with Crippen LogP contribution in [-0.4, -0.2) is 4.75 Å². The van der Waals surface area contributed by atoms with E-state index in [0.717, 1.165) is 30.6 Å². The van der Waals surface area contributed by atoms with E-state index in [1.165, 1.54) is 23.9 Å². The molecule has 1 aromatic carbocycles. The molecule has 0 atom stereocenters. The van der Waals surface area contributed by atoms with Crippen molar-refractivity contribution < 1.29 is 4.39 Å². The number of nitrogens with zero attached hydrogens (tertiary/aromatic N) is 1. The number of benzene rings is 1. The predicted octanol–water partition coefficient (Wildman–Crippen LogP) is 3.75. The van der Waals surface area contributed by atoms with Gasteiger partial charge >= 0.3 is 0 Å².